The molecule has 0 amide bonds. The third-order valence-electron chi connectivity index (χ3n) is 10.7. The third kappa shape index (κ3) is 63.9. The Balaban J connectivity index is -0.0000000406. The highest BCUT2D eigenvalue weighted by Gasteiger charge is 2.39. The smallest absolute Gasteiger partial charge is 0.0293 e. The summed E-state index contributed by atoms with van der Waals surface area (Å²) in [5, 5.41) is 0. The van der Waals surface area contributed by atoms with Crippen molar-refractivity contribution in [3.63, 3.8) is 0 Å². The van der Waals surface area contributed by atoms with E-state index >= 15 is 0 Å². The minimum Gasteiger partial charge on any atom is -0.124 e. The number of fused-ring (bicyclic) bond motifs is 1. The minimum absolute atomic E-state index is 0.648. The summed E-state index contributed by atoms with van der Waals surface area (Å²) in [6.07, 6.45) is 26.0. The summed E-state index contributed by atoms with van der Waals surface area (Å²) in [7, 11) is 0. The number of rotatable bonds is 5. The topological polar surface area (TPSA) is 0 Å². The second-order valence-corrected chi connectivity index (χ2v) is 13.8. The first kappa shape index (κ1) is 94.0. The normalized spacial score (nSPS) is 23.1. The number of allylic oxidation sites excluding steroid dienone is 1. The molecule has 3 saturated carbocycles. The highest BCUT2D eigenvalue weighted by Crippen LogP contribution is 2.49. The summed E-state index contributed by atoms with van der Waals surface area (Å²) in [5.74, 6) is 10.7. The lowest BCUT2D eigenvalue weighted by atomic mass is 9.59. The Bertz CT molecular complexity index is 554. The molecule has 0 aromatic heterocycles. The quantitative estimate of drug-likeness (QED) is 0.191. The second kappa shape index (κ2) is 97.5. The van der Waals surface area contributed by atoms with Crippen molar-refractivity contribution < 1.29 is 0 Å². The van der Waals surface area contributed by atoms with E-state index in [9.17, 15) is 0 Å². The maximum absolute atomic E-state index is 4.00. The van der Waals surface area contributed by atoms with Gasteiger partial charge in [-0.1, -0.05) is 280 Å². The average molecular weight is 862 g/mol. The zero-order chi connectivity index (χ0) is 51.8. The van der Waals surface area contributed by atoms with Crippen LogP contribution in [0.4, 0.5) is 0 Å². The van der Waals surface area contributed by atoms with Crippen molar-refractivity contribution in [3.8, 4) is 12.8 Å². The highest BCUT2D eigenvalue weighted by atomic mass is 14.4. The molecule has 0 aromatic carbocycles. The Morgan fingerprint density at radius 2 is 0.783 bits per heavy atom. The third-order valence-corrected chi connectivity index (χ3v) is 10.7. The van der Waals surface area contributed by atoms with E-state index in [2.05, 4.69) is 103 Å². The SMILES string of the molecule is C#C.C=CC(C)C.CC.CC.CC.CC.CC.CC.CC.CC.CC.CC.CC.CCC.CCC(C)C1CCC2CCC(C)C(C)C2C1.CCCC1CCC(C)C(C)C1C. The molecule has 3 rings (SSSR count). The molecule has 0 bridgehead atoms. The van der Waals surface area contributed by atoms with Crippen molar-refractivity contribution in [2.45, 2.75) is 306 Å². The molecule has 0 N–H and O–H groups in total. The fraction of sp³-hybridized carbons (Fsp3) is 0.933. The van der Waals surface area contributed by atoms with E-state index in [0.717, 1.165) is 59.2 Å². The van der Waals surface area contributed by atoms with Gasteiger partial charge >= 0.3 is 0 Å². The van der Waals surface area contributed by atoms with Crippen LogP contribution in [0.15, 0.2) is 12.7 Å². The lowest BCUT2D eigenvalue weighted by Crippen LogP contribution is -2.37. The fourth-order valence-electron chi connectivity index (χ4n) is 7.04. The summed E-state index contributed by atoms with van der Waals surface area (Å²) >= 11 is 0. The summed E-state index contributed by atoms with van der Waals surface area (Å²) in [5.41, 5.74) is 0. The molecule has 0 radical (unpaired) electrons. The van der Waals surface area contributed by atoms with Crippen molar-refractivity contribution in [2.24, 2.45) is 65.1 Å². The molecule has 0 heteroatoms. The van der Waals surface area contributed by atoms with Gasteiger partial charge in [0.25, 0.3) is 0 Å². The molecule has 0 aliphatic heterocycles. The molecule has 0 saturated heterocycles. The Morgan fingerprint density at radius 3 is 1.08 bits per heavy atom. The van der Waals surface area contributed by atoms with Crippen LogP contribution in [0.2, 0.25) is 0 Å². The average Bonchev–Trinajstić information content (AvgIpc) is 3.36. The van der Waals surface area contributed by atoms with E-state index < -0.39 is 0 Å². The molecular formula is C60H140. The lowest BCUT2D eigenvalue weighted by Gasteiger charge is -2.47. The van der Waals surface area contributed by atoms with E-state index in [1.807, 2.05) is 158 Å². The van der Waals surface area contributed by atoms with Crippen molar-refractivity contribution >= 4 is 0 Å². The first-order valence-corrected chi connectivity index (χ1v) is 27.9. The van der Waals surface area contributed by atoms with Crippen molar-refractivity contribution in [1.29, 1.82) is 0 Å². The van der Waals surface area contributed by atoms with E-state index in [1.165, 1.54) is 64.2 Å². The summed E-state index contributed by atoms with van der Waals surface area (Å²) < 4.78 is 0. The maximum Gasteiger partial charge on any atom is -0.0293 e. The van der Waals surface area contributed by atoms with Crippen LogP contribution < -0.4 is 0 Å². The monoisotopic (exact) mass is 861 g/mol. The predicted octanol–water partition coefficient (Wildman–Crippen LogP) is 24.0. The van der Waals surface area contributed by atoms with Gasteiger partial charge < -0.3 is 0 Å². The molecule has 3 fully saturated rings. The minimum atomic E-state index is 0.648. The Morgan fingerprint density at radius 1 is 0.483 bits per heavy atom. The van der Waals surface area contributed by atoms with E-state index in [-0.39, 0.29) is 0 Å². The van der Waals surface area contributed by atoms with Gasteiger partial charge in [-0.15, -0.1) is 19.4 Å². The molecule has 3 aliphatic rings. The van der Waals surface area contributed by atoms with Gasteiger partial charge in [-0.25, -0.2) is 0 Å². The zero-order valence-corrected chi connectivity index (χ0v) is 50.6. The molecule has 380 valence electrons. The summed E-state index contributed by atoms with van der Waals surface area (Å²) in [4.78, 5) is 0. The molecule has 0 heterocycles. The van der Waals surface area contributed by atoms with Crippen LogP contribution in [0.1, 0.15) is 306 Å². The van der Waals surface area contributed by atoms with Gasteiger partial charge in [0.05, 0.1) is 0 Å². The van der Waals surface area contributed by atoms with Gasteiger partial charge in [-0.3, -0.25) is 0 Å². The van der Waals surface area contributed by atoms with E-state index in [1.54, 1.807) is 6.42 Å². The van der Waals surface area contributed by atoms with Crippen molar-refractivity contribution in [1.82, 2.24) is 0 Å². The van der Waals surface area contributed by atoms with Crippen molar-refractivity contribution in [2.75, 3.05) is 0 Å². The highest BCUT2D eigenvalue weighted by molar-refractivity contribution is 4.89. The van der Waals surface area contributed by atoms with Gasteiger partial charge in [0, 0.05) is 0 Å². The maximum atomic E-state index is 4.00. The van der Waals surface area contributed by atoms with Crippen molar-refractivity contribution in [3.05, 3.63) is 12.7 Å². The van der Waals surface area contributed by atoms with Crippen LogP contribution in [-0.4, -0.2) is 0 Å². The lowest BCUT2D eigenvalue weighted by molar-refractivity contribution is 0.0345. The molecule has 0 spiro atoms. The largest absolute Gasteiger partial charge is 0.124 e. The molecule has 60 heavy (non-hydrogen) atoms. The standard InChI is InChI=1S/C16H30.C12H24.C5H10.C3H8.11C2H6.C2H2/c1-5-11(2)15-9-8-14-7-6-12(3)13(4)16(14)10-15;1-5-6-12-8-7-9(2)10(3)11(12)4;1-4-5(2)3;1-3-2;12*1-2/h11-16H,5-10H2,1-4H3;9-12H,5-8H2,1-4H3;4-5H,1H2,2-3H3;3H2,1-2H3;11*1-2H3;1-2H. The molecular weight excluding hydrogens is 721 g/mol. The van der Waals surface area contributed by atoms with Crippen LogP contribution in [0.5, 0.6) is 0 Å². The van der Waals surface area contributed by atoms with Gasteiger partial charge in [0.2, 0.25) is 0 Å². The summed E-state index contributed by atoms with van der Waals surface area (Å²) in [6, 6.07) is 0. The fourth-order valence-corrected chi connectivity index (χ4v) is 7.04. The molecule has 10 unspecified atom stereocenters. The number of terminal acetylenes is 1. The number of hydrogen-bond donors (Lipinski definition) is 0. The Kier molecular flexibility index (Phi) is 153. The second-order valence-electron chi connectivity index (χ2n) is 13.8. The van der Waals surface area contributed by atoms with Gasteiger partial charge in [0.15, 0.2) is 0 Å². The molecule has 10 atom stereocenters. The van der Waals surface area contributed by atoms with Gasteiger partial charge in [-0.05, 0) is 97.2 Å². The number of hydrogen-bond acceptors (Lipinski definition) is 0. The van der Waals surface area contributed by atoms with Crippen LogP contribution in [0.25, 0.3) is 0 Å². The van der Waals surface area contributed by atoms with Crippen LogP contribution in [0.3, 0.4) is 0 Å². The van der Waals surface area contributed by atoms with Crippen LogP contribution in [0, 0.1) is 77.9 Å². The molecule has 0 nitrogen and oxygen atoms in total. The molecule has 3 aliphatic carbocycles. The predicted molar refractivity (Wildman–Crippen MR) is 302 cm³/mol. The first-order valence-electron chi connectivity index (χ1n) is 27.9. The van der Waals surface area contributed by atoms with E-state index in [0.29, 0.717) is 5.92 Å². The Hall–Kier alpha value is -0.700. The van der Waals surface area contributed by atoms with Gasteiger partial charge in [-0.2, -0.15) is 0 Å². The summed E-state index contributed by atoms with van der Waals surface area (Å²) in [6.45, 7) is 75.5. The van der Waals surface area contributed by atoms with Gasteiger partial charge in [0.1, 0.15) is 0 Å². The van der Waals surface area contributed by atoms with Crippen LogP contribution >= 0.6 is 0 Å². The van der Waals surface area contributed by atoms with E-state index in [4.69, 9.17) is 0 Å². The van der Waals surface area contributed by atoms with Crippen LogP contribution in [-0.2, 0) is 0 Å². The Labute approximate surface area is 395 Å². The first-order chi connectivity index (χ1) is 29.0. The zero-order valence-electron chi connectivity index (χ0n) is 50.6. The molecule has 0 aromatic rings.